The van der Waals surface area contributed by atoms with Crippen LogP contribution in [0, 0.1) is 41.4 Å². The molecule has 0 aromatic heterocycles. The van der Waals surface area contributed by atoms with Crippen molar-refractivity contribution in [2.24, 2.45) is 41.4 Å². The van der Waals surface area contributed by atoms with Crippen LogP contribution in [-0.2, 0) is 52.4 Å². The SMILES string of the molecule is C=CC(C)C[C@@H](C)C(=O)[C@H](OC)[C@H](O)/C(C)=C/[C@@H](C)C(=O)C[C@H](OC(=O)C1CCCCN1C(=O)C(=O)[C@]1(O)O[C@H](CC(OCC2CCOCC2)/C(C)=C/C=C/C)CC[C@H]1C)[C@H](C)C[C@@H]1CC[C@@H](O)[C@H](OC)C1. The van der Waals surface area contributed by atoms with E-state index in [9.17, 15) is 39.3 Å². The van der Waals surface area contributed by atoms with Crippen molar-refractivity contribution in [1.82, 2.24) is 4.90 Å². The van der Waals surface area contributed by atoms with Crippen LogP contribution >= 0.6 is 0 Å². The number of esters is 1. The minimum Gasteiger partial charge on any atom is -0.460 e. The summed E-state index contributed by atoms with van der Waals surface area (Å²) in [5, 5.41) is 34.0. The zero-order chi connectivity index (χ0) is 53.3. The number of ether oxygens (including phenoxy) is 6. The number of likely N-dealkylation sites (tertiary alicyclic amines) is 1. The van der Waals surface area contributed by atoms with Gasteiger partial charge in [0.25, 0.3) is 11.7 Å². The number of hydrogen-bond acceptors (Lipinski definition) is 14. The number of carbonyl (C=O) groups is 5. The Morgan fingerprint density at radius 1 is 0.917 bits per heavy atom. The van der Waals surface area contributed by atoms with Gasteiger partial charge in [0.1, 0.15) is 30.1 Å². The molecule has 408 valence electrons. The van der Waals surface area contributed by atoms with Crippen molar-refractivity contribution in [1.29, 1.82) is 0 Å². The Balaban J connectivity index is 1.53. The minimum atomic E-state index is -2.44. The molecule has 0 aromatic rings. The Bertz CT molecular complexity index is 1870. The molecule has 1 aliphatic carbocycles. The molecule has 3 heterocycles. The highest BCUT2D eigenvalue weighted by atomic mass is 16.6. The molecule has 15 nitrogen and oxygen atoms in total. The Kier molecular flexibility index (Phi) is 25.2. The molecule has 3 N–H and O–H groups in total. The van der Waals surface area contributed by atoms with Crippen molar-refractivity contribution in [3.8, 4) is 0 Å². The van der Waals surface area contributed by atoms with Gasteiger partial charge in [0.2, 0.25) is 5.79 Å². The number of aliphatic hydroxyl groups excluding tert-OH is 2. The average Bonchev–Trinajstić information content (AvgIpc) is 3.37. The van der Waals surface area contributed by atoms with Crippen LogP contribution in [-0.4, -0.2) is 145 Å². The molecule has 72 heavy (non-hydrogen) atoms. The van der Waals surface area contributed by atoms with Gasteiger partial charge < -0.3 is 48.6 Å². The molecule has 1 amide bonds. The number of allylic oxidation sites excluding steroid dienone is 5. The van der Waals surface area contributed by atoms with Gasteiger partial charge in [-0.15, -0.1) is 6.58 Å². The number of Topliss-reactive ketones (excluding diaryl/α,β-unsaturated/α-hetero) is 3. The number of aliphatic hydroxyl groups is 3. The lowest BCUT2D eigenvalue weighted by molar-refractivity contribution is -0.266. The van der Waals surface area contributed by atoms with E-state index in [4.69, 9.17) is 28.4 Å². The van der Waals surface area contributed by atoms with Crippen LogP contribution in [0.25, 0.3) is 0 Å². The maximum absolute atomic E-state index is 14.5. The number of carbonyl (C=O) groups excluding carboxylic acids is 5. The first-order chi connectivity index (χ1) is 34.2. The summed E-state index contributed by atoms with van der Waals surface area (Å²) in [4.78, 5) is 72.1. The van der Waals surface area contributed by atoms with Crippen LogP contribution in [0.15, 0.2) is 48.1 Å². The van der Waals surface area contributed by atoms with E-state index in [2.05, 4.69) is 6.58 Å². The monoisotopic (exact) mass is 1010 g/mol. The highest BCUT2D eigenvalue weighted by Gasteiger charge is 2.53. The summed E-state index contributed by atoms with van der Waals surface area (Å²) in [5.41, 5.74) is 1.35. The van der Waals surface area contributed by atoms with Crippen LogP contribution < -0.4 is 0 Å². The average molecular weight is 1010 g/mol. The molecule has 3 saturated heterocycles. The maximum Gasteiger partial charge on any atom is 0.329 e. The van der Waals surface area contributed by atoms with E-state index in [-0.39, 0.29) is 60.9 Å². The summed E-state index contributed by atoms with van der Waals surface area (Å²) in [6.07, 6.45) is 11.2. The zero-order valence-corrected chi connectivity index (χ0v) is 45.3. The molecule has 3 unspecified atom stereocenters. The van der Waals surface area contributed by atoms with E-state index in [0.29, 0.717) is 95.5 Å². The Morgan fingerprint density at radius 2 is 1.62 bits per heavy atom. The van der Waals surface area contributed by atoms with Gasteiger partial charge in [-0.3, -0.25) is 19.2 Å². The second-order valence-electron chi connectivity index (χ2n) is 21.7. The van der Waals surface area contributed by atoms with E-state index in [1.807, 2.05) is 45.9 Å². The molecule has 0 bridgehead atoms. The van der Waals surface area contributed by atoms with Crippen molar-refractivity contribution in [3.63, 3.8) is 0 Å². The first kappa shape index (κ1) is 61.1. The van der Waals surface area contributed by atoms with Crippen LogP contribution in [0.4, 0.5) is 0 Å². The zero-order valence-electron chi connectivity index (χ0n) is 45.3. The fraction of sp³-hybridized carbons (Fsp3) is 0.772. The molecule has 15 heteroatoms. The first-order valence-corrected chi connectivity index (χ1v) is 26.9. The van der Waals surface area contributed by atoms with Crippen LogP contribution in [0.3, 0.4) is 0 Å². The van der Waals surface area contributed by atoms with Crippen molar-refractivity contribution < 1.29 is 67.7 Å². The van der Waals surface area contributed by atoms with Crippen molar-refractivity contribution in [3.05, 3.63) is 48.1 Å². The molecule has 0 spiro atoms. The second kappa shape index (κ2) is 29.6. The molecule has 1 saturated carbocycles. The van der Waals surface area contributed by atoms with Gasteiger partial charge in [-0.2, -0.15) is 0 Å². The lowest BCUT2D eigenvalue weighted by Crippen LogP contribution is -2.61. The predicted octanol–water partition coefficient (Wildman–Crippen LogP) is 7.61. The number of methoxy groups -OCH3 is 2. The van der Waals surface area contributed by atoms with Gasteiger partial charge in [0, 0.05) is 64.6 Å². The van der Waals surface area contributed by atoms with Gasteiger partial charge in [-0.05, 0) is 133 Å². The Morgan fingerprint density at radius 3 is 2.28 bits per heavy atom. The van der Waals surface area contributed by atoms with Crippen molar-refractivity contribution >= 4 is 29.2 Å². The second-order valence-corrected chi connectivity index (χ2v) is 21.7. The smallest absolute Gasteiger partial charge is 0.329 e. The summed E-state index contributed by atoms with van der Waals surface area (Å²) < 4.78 is 35.7. The molecule has 4 fully saturated rings. The summed E-state index contributed by atoms with van der Waals surface area (Å²) in [5.74, 6) is -7.56. The molecular formula is C57H91NO14. The Hall–Kier alpha value is -3.41. The third kappa shape index (κ3) is 17.1. The number of piperidine rings is 1. The summed E-state index contributed by atoms with van der Waals surface area (Å²) >= 11 is 0. The largest absolute Gasteiger partial charge is 0.460 e. The highest BCUT2D eigenvalue weighted by Crippen LogP contribution is 2.38. The third-order valence-electron chi connectivity index (χ3n) is 16.0. The third-order valence-corrected chi connectivity index (χ3v) is 16.0. The summed E-state index contributed by atoms with van der Waals surface area (Å²) in [7, 11) is 2.93. The van der Waals surface area contributed by atoms with Crippen LogP contribution in [0.1, 0.15) is 145 Å². The molecular weight excluding hydrogens is 923 g/mol. The molecule has 4 rings (SSSR count). The van der Waals surface area contributed by atoms with Crippen LogP contribution in [0.2, 0.25) is 0 Å². The number of amides is 1. The standard InChI is InChI=1S/C57H91NO14/c1-12-14-17-36(4)48(70-34-42-23-26-69-27-24-42)32-44-21-19-41(9)57(66,72-44)54(63)55(64)58-25-16-15-18-45(58)56(65)71-49(38(6)30-43-20-22-46(59)50(31-43)67-10)33-47(60)37(5)29-40(8)52(62)53(68-11)51(61)39(7)28-35(3)13-2/h12-14,17,29,35,37-39,41-46,48-50,52-53,59,62,66H,2,15-16,18-28,30-34H2,1,3-11H3/b14-12+,36-17+,40-29+/t35?,37-,38-,39-,41-,43+,44+,45?,46-,48?,49+,50-,52-,53+,57-/m1/s1. The lowest BCUT2D eigenvalue weighted by atomic mass is 9.78. The van der Waals surface area contributed by atoms with E-state index in [1.165, 1.54) is 12.0 Å². The molecule has 3 aliphatic heterocycles. The quantitative estimate of drug-likeness (QED) is 0.0314. The molecule has 4 aliphatic rings. The van der Waals surface area contributed by atoms with Gasteiger partial charge in [-0.1, -0.05) is 65.0 Å². The maximum atomic E-state index is 14.5. The van der Waals surface area contributed by atoms with Gasteiger partial charge >= 0.3 is 5.97 Å². The van der Waals surface area contributed by atoms with Crippen LogP contribution in [0.5, 0.6) is 0 Å². The van der Waals surface area contributed by atoms with E-state index >= 15 is 0 Å². The Labute approximate surface area is 430 Å². The van der Waals surface area contributed by atoms with Gasteiger partial charge in [0.05, 0.1) is 31.0 Å². The highest BCUT2D eigenvalue weighted by molar-refractivity contribution is 6.39. The van der Waals surface area contributed by atoms with E-state index in [0.717, 1.165) is 18.4 Å². The van der Waals surface area contributed by atoms with E-state index in [1.54, 1.807) is 47.0 Å². The topological polar surface area (TPSA) is 205 Å². The molecule has 0 aromatic carbocycles. The predicted molar refractivity (Wildman–Crippen MR) is 274 cm³/mol. The fourth-order valence-corrected chi connectivity index (χ4v) is 10.9. The van der Waals surface area contributed by atoms with E-state index < -0.39 is 77.8 Å². The minimum absolute atomic E-state index is 0.0811. The normalized spacial score (nSPS) is 29.3. The summed E-state index contributed by atoms with van der Waals surface area (Å²) in [6.45, 7) is 20.4. The van der Waals surface area contributed by atoms with Gasteiger partial charge in [0.15, 0.2) is 5.78 Å². The van der Waals surface area contributed by atoms with Crippen molar-refractivity contribution in [2.75, 3.05) is 40.6 Å². The number of nitrogens with zero attached hydrogens (tertiary/aromatic N) is 1. The molecule has 15 atom stereocenters. The summed E-state index contributed by atoms with van der Waals surface area (Å²) in [6, 6.07) is -1.15. The fourth-order valence-electron chi connectivity index (χ4n) is 10.9. The number of hydrogen-bond donors (Lipinski definition) is 3. The van der Waals surface area contributed by atoms with Crippen molar-refractivity contribution in [2.45, 2.75) is 200 Å². The number of rotatable bonds is 27. The van der Waals surface area contributed by atoms with Gasteiger partial charge in [-0.25, -0.2) is 4.79 Å². The first-order valence-electron chi connectivity index (χ1n) is 26.9. The lowest BCUT2D eigenvalue weighted by Gasteiger charge is -2.43. The molecule has 0 radical (unpaired) electrons. The number of ketones is 3.